The maximum absolute atomic E-state index is 9.16. The molecule has 0 saturated heterocycles. The van der Waals surface area contributed by atoms with Gasteiger partial charge >= 0.3 is 0 Å². The van der Waals surface area contributed by atoms with Crippen LogP contribution in [0.25, 0.3) is 0 Å². The summed E-state index contributed by atoms with van der Waals surface area (Å²) in [5.41, 5.74) is 4.35. The van der Waals surface area contributed by atoms with Gasteiger partial charge in [-0.15, -0.1) is 0 Å². The van der Waals surface area contributed by atoms with Crippen LogP contribution in [-0.4, -0.2) is 4.98 Å². The Balaban J connectivity index is 2.22. The van der Waals surface area contributed by atoms with Gasteiger partial charge in [0.05, 0.1) is 16.9 Å². The quantitative estimate of drug-likeness (QED) is 0.891. The van der Waals surface area contributed by atoms with Gasteiger partial charge in [0.25, 0.3) is 0 Å². The largest absolute Gasteiger partial charge is 0.380 e. The highest BCUT2D eigenvalue weighted by Crippen LogP contribution is 2.19. The van der Waals surface area contributed by atoms with Gasteiger partial charge in [-0.3, -0.25) is 4.98 Å². The monoisotopic (exact) mass is 237 g/mol. The van der Waals surface area contributed by atoms with E-state index in [0.29, 0.717) is 12.1 Å². The molecule has 0 radical (unpaired) electrons. The van der Waals surface area contributed by atoms with Gasteiger partial charge < -0.3 is 5.32 Å². The van der Waals surface area contributed by atoms with E-state index in [1.807, 2.05) is 38.1 Å². The van der Waals surface area contributed by atoms with Gasteiger partial charge in [0.15, 0.2) is 0 Å². The number of anilines is 1. The average Bonchev–Trinajstić information content (AvgIpc) is 2.37. The predicted octanol–water partition coefficient (Wildman–Crippen LogP) is 3.18. The van der Waals surface area contributed by atoms with Crippen molar-refractivity contribution in [1.82, 2.24) is 4.98 Å². The molecule has 0 aliphatic rings. The summed E-state index contributed by atoms with van der Waals surface area (Å²) in [5, 5.41) is 12.5. The van der Waals surface area contributed by atoms with E-state index in [4.69, 9.17) is 5.26 Å². The summed E-state index contributed by atoms with van der Waals surface area (Å²) in [5.74, 6) is 0. The Kier molecular flexibility index (Phi) is 3.59. The highest BCUT2D eigenvalue weighted by molar-refractivity contribution is 5.59. The molecule has 3 nitrogen and oxygen atoms in total. The van der Waals surface area contributed by atoms with Crippen molar-refractivity contribution in [3.63, 3.8) is 0 Å². The van der Waals surface area contributed by atoms with Crippen molar-refractivity contribution in [1.29, 1.82) is 5.26 Å². The number of nitrogens with zero attached hydrogens (tertiary/aromatic N) is 2. The molecule has 1 aromatic carbocycles. The summed E-state index contributed by atoms with van der Waals surface area (Å²) < 4.78 is 0. The molecule has 0 unspecified atom stereocenters. The molecule has 2 rings (SSSR count). The standard InChI is InChI=1S/C15H15N3/c1-11-8-15(14(9-16)12(2)18-11)17-10-13-6-4-3-5-7-13/h3-8H,10H2,1-2H3,(H,17,18). The number of nitrogens with one attached hydrogen (secondary N) is 1. The highest BCUT2D eigenvalue weighted by Gasteiger charge is 2.07. The molecule has 0 aliphatic heterocycles. The third kappa shape index (κ3) is 2.67. The zero-order chi connectivity index (χ0) is 13.0. The van der Waals surface area contributed by atoms with Crippen LogP contribution in [-0.2, 0) is 6.54 Å². The van der Waals surface area contributed by atoms with Crippen molar-refractivity contribution in [2.75, 3.05) is 5.32 Å². The number of hydrogen-bond donors (Lipinski definition) is 1. The van der Waals surface area contributed by atoms with Crippen LogP contribution < -0.4 is 5.32 Å². The van der Waals surface area contributed by atoms with E-state index in [0.717, 1.165) is 17.1 Å². The molecule has 0 saturated carbocycles. The summed E-state index contributed by atoms with van der Waals surface area (Å²) in [4.78, 5) is 4.30. The molecule has 0 atom stereocenters. The Hall–Kier alpha value is -2.34. The number of rotatable bonds is 3. The SMILES string of the molecule is Cc1cc(NCc2ccccc2)c(C#N)c(C)n1. The number of nitriles is 1. The van der Waals surface area contributed by atoms with Crippen molar-refractivity contribution in [3.05, 3.63) is 58.9 Å². The maximum atomic E-state index is 9.16. The summed E-state index contributed by atoms with van der Waals surface area (Å²) in [6.45, 7) is 4.50. The summed E-state index contributed by atoms with van der Waals surface area (Å²) >= 11 is 0. The summed E-state index contributed by atoms with van der Waals surface area (Å²) in [6.07, 6.45) is 0. The molecule has 1 N–H and O–H groups in total. The number of hydrogen-bond acceptors (Lipinski definition) is 3. The molecule has 2 aromatic rings. The van der Waals surface area contributed by atoms with E-state index < -0.39 is 0 Å². The number of aryl methyl sites for hydroxylation is 2. The average molecular weight is 237 g/mol. The molecule has 0 spiro atoms. The molecule has 0 aliphatic carbocycles. The van der Waals surface area contributed by atoms with Crippen LogP contribution in [0.15, 0.2) is 36.4 Å². The normalized spacial score (nSPS) is 9.83. The van der Waals surface area contributed by atoms with Crippen LogP contribution in [0.5, 0.6) is 0 Å². The molecular formula is C15H15N3. The number of benzene rings is 1. The lowest BCUT2D eigenvalue weighted by Gasteiger charge is -2.10. The fourth-order valence-corrected chi connectivity index (χ4v) is 1.90. The van der Waals surface area contributed by atoms with Crippen LogP contribution in [0.3, 0.4) is 0 Å². The lowest BCUT2D eigenvalue weighted by Crippen LogP contribution is -2.04. The Morgan fingerprint density at radius 1 is 1.22 bits per heavy atom. The molecule has 0 fully saturated rings. The van der Waals surface area contributed by atoms with Crippen LogP contribution in [0.1, 0.15) is 22.5 Å². The van der Waals surface area contributed by atoms with Crippen molar-refractivity contribution >= 4 is 5.69 Å². The first kappa shape index (κ1) is 12.1. The van der Waals surface area contributed by atoms with E-state index in [9.17, 15) is 0 Å². The van der Waals surface area contributed by atoms with Gasteiger partial charge in [0.2, 0.25) is 0 Å². The van der Waals surface area contributed by atoms with Crippen molar-refractivity contribution in [3.8, 4) is 6.07 Å². The van der Waals surface area contributed by atoms with E-state index in [2.05, 4.69) is 28.5 Å². The molecule has 90 valence electrons. The third-order valence-corrected chi connectivity index (χ3v) is 2.77. The van der Waals surface area contributed by atoms with Crippen molar-refractivity contribution in [2.45, 2.75) is 20.4 Å². The maximum Gasteiger partial charge on any atom is 0.103 e. The Morgan fingerprint density at radius 3 is 2.61 bits per heavy atom. The van der Waals surface area contributed by atoms with Gasteiger partial charge in [0.1, 0.15) is 6.07 Å². The van der Waals surface area contributed by atoms with Crippen LogP contribution in [0.2, 0.25) is 0 Å². The fraction of sp³-hybridized carbons (Fsp3) is 0.200. The van der Waals surface area contributed by atoms with Gasteiger partial charge in [-0.1, -0.05) is 30.3 Å². The second kappa shape index (κ2) is 5.33. The van der Waals surface area contributed by atoms with Gasteiger partial charge in [0, 0.05) is 12.2 Å². The van der Waals surface area contributed by atoms with E-state index >= 15 is 0 Å². The zero-order valence-electron chi connectivity index (χ0n) is 10.6. The molecule has 1 aromatic heterocycles. The molecule has 0 amide bonds. The minimum absolute atomic E-state index is 0.622. The first-order valence-electron chi connectivity index (χ1n) is 5.87. The second-order valence-electron chi connectivity index (χ2n) is 4.22. The van der Waals surface area contributed by atoms with Crippen molar-refractivity contribution < 1.29 is 0 Å². The second-order valence-corrected chi connectivity index (χ2v) is 4.22. The minimum atomic E-state index is 0.622. The van der Waals surface area contributed by atoms with Gasteiger partial charge in [-0.05, 0) is 25.5 Å². The minimum Gasteiger partial charge on any atom is -0.380 e. The lowest BCUT2D eigenvalue weighted by molar-refractivity contribution is 1.08. The number of pyridine rings is 1. The predicted molar refractivity (Wildman–Crippen MR) is 72.2 cm³/mol. The molecule has 18 heavy (non-hydrogen) atoms. The molecule has 3 heteroatoms. The third-order valence-electron chi connectivity index (χ3n) is 2.77. The fourth-order valence-electron chi connectivity index (χ4n) is 1.90. The number of aromatic nitrogens is 1. The highest BCUT2D eigenvalue weighted by atomic mass is 14.9. The van der Waals surface area contributed by atoms with E-state index in [1.54, 1.807) is 0 Å². The zero-order valence-corrected chi connectivity index (χ0v) is 10.6. The summed E-state index contributed by atoms with van der Waals surface area (Å²) in [7, 11) is 0. The smallest absolute Gasteiger partial charge is 0.103 e. The van der Waals surface area contributed by atoms with Crippen LogP contribution in [0, 0.1) is 25.2 Å². The Morgan fingerprint density at radius 2 is 1.94 bits per heavy atom. The van der Waals surface area contributed by atoms with Gasteiger partial charge in [-0.2, -0.15) is 5.26 Å². The first-order valence-corrected chi connectivity index (χ1v) is 5.87. The topological polar surface area (TPSA) is 48.7 Å². The lowest BCUT2D eigenvalue weighted by atomic mass is 10.1. The Labute approximate surface area is 107 Å². The molecular weight excluding hydrogens is 222 g/mol. The van der Waals surface area contributed by atoms with Gasteiger partial charge in [-0.25, -0.2) is 0 Å². The van der Waals surface area contributed by atoms with E-state index in [-0.39, 0.29) is 0 Å². The first-order chi connectivity index (χ1) is 8.70. The molecule has 1 heterocycles. The Bertz CT molecular complexity index is 583. The van der Waals surface area contributed by atoms with E-state index in [1.165, 1.54) is 5.56 Å². The van der Waals surface area contributed by atoms with Crippen molar-refractivity contribution in [2.24, 2.45) is 0 Å². The van der Waals surface area contributed by atoms with Crippen LogP contribution in [0.4, 0.5) is 5.69 Å². The van der Waals surface area contributed by atoms with Crippen LogP contribution >= 0.6 is 0 Å². The molecule has 0 bridgehead atoms. The summed E-state index contributed by atoms with van der Waals surface area (Å²) in [6, 6.07) is 14.2.